The molecule has 0 spiro atoms. The third-order valence-electron chi connectivity index (χ3n) is 24.8. The van der Waals surface area contributed by atoms with E-state index in [2.05, 4.69) is 253 Å². The SMILES string of the molecule is CCCCCCC1(CCCCCC)c2ccc(-c3ccc(-c4ccc(-c5ccc(Br)s5)s4)s3)cc2-c2c1c1c(c3c2C(CCCCCC)(CCCCCC)c2ccc(-c4ccc(-c5ccc(-c6ccc(Br)s6)s5)s4)cc2-3)C(CCCCCC)(CCCCCC)c2ccc(-c3ccc(-c4ccc(-c5ccc(Br)s5)s4)s3)cc2-1. The van der Waals surface area contributed by atoms with Crippen molar-refractivity contribution in [1.29, 1.82) is 0 Å². The number of halogens is 3. The summed E-state index contributed by atoms with van der Waals surface area (Å²) in [6.07, 6.45) is 37.1. The number of thiophene rings is 9. The van der Waals surface area contributed by atoms with Crippen molar-refractivity contribution in [1.82, 2.24) is 0 Å². The van der Waals surface area contributed by atoms with Crippen LogP contribution in [0.15, 0.2) is 175 Å². The lowest BCUT2D eigenvalue weighted by molar-refractivity contribution is 0.389. The summed E-state index contributed by atoms with van der Waals surface area (Å²) in [6.45, 7) is 14.5. The Labute approximate surface area is 724 Å². The molecule has 0 atom stereocenters. The first kappa shape index (κ1) is 80.4. The van der Waals surface area contributed by atoms with E-state index in [9.17, 15) is 0 Å². The van der Waals surface area contributed by atoms with Crippen LogP contribution in [0.25, 0.3) is 123 Å². The van der Waals surface area contributed by atoms with Gasteiger partial charge in [0.15, 0.2) is 0 Å². The van der Waals surface area contributed by atoms with Crippen molar-refractivity contribution in [2.45, 2.75) is 250 Å². The second-order valence-corrected chi connectivity index (χ2v) is 45.8. The topological polar surface area (TPSA) is 0 Å². The lowest BCUT2D eigenvalue weighted by Crippen LogP contribution is -2.31. The van der Waals surface area contributed by atoms with Crippen LogP contribution in [0.5, 0.6) is 0 Å². The van der Waals surface area contributed by atoms with Gasteiger partial charge in [-0.25, -0.2) is 0 Å². The summed E-state index contributed by atoms with van der Waals surface area (Å²) in [6, 6.07) is 67.0. The van der Waals surface area contributed by atoms with Crippen molar-refractivity contribution in [3.8, 4) is 123 Å². The van der Waals surface area contributed by atoms with Gasteiger partial charge in [0.05, 0.1) is 11.4 Å². The Kier molecular flexibility index (Phi) is 26.2. The van der Waals surface area contributed by atoms with E-state index < -0.39 is 0 Å². The molecular formula is C99H105Br3S9. The van der Waals surface area contributed by atoms with Gasteiger partial charge in [0.25, 0.3) is 0 Å². The number of fused-ring (bicyclic) bond motifs is 12. The van der Waals surface area contributed by atoms with E-state index in [0.29, 0.717) is 0 Å². The smallest absolute Gasteiger partial charge is 0.0705 e. The van der Waals surface area contributed by atoms with Gasteiger partial charge < -0.3 is 0 Å². The number of benzene rings is 4. The molecule has 0 fully saturated rings. The first-order valence-corrected chi connectivity index (χ1v) is 51.7. The normalized spacial score (nSPS) is 14.0. The highest BCUT2D eigenvalue weighted by molar-refractivity contribution is 9.11. The van der Waals surface area contributed by atoms with E-state index in [1.165, 1.54) is 294 Å². The average Bonchev–Trinajstić information content (AvgIpc) is 1.48. The lowest BCUT2D eigenvalue weighted by atomic mass is 9.63. The van der Waals surface area contributed by atoms with Gasteiger partial charge in [0.2, 0.25) is 0 Å². The molecule has 4 aromatic carbocycles. The van der Waals surface area contributed by atoms with Crippen LogP contribution in [-0.2, 0) is 16.2 Å². The van der Waals surface area contributed by atoms with Crippen molar-refractivity contribution in [3.63, 3.8) is 0 Å². The maximum absolute atomic E-state index is 3.78. The number of hydrogen-bond acceptors (Lipinski definition) is 9. The van der Waals surface area contributed by atoms with Crippen molar-refractivity contribution in [2.75, 3.05) is 0 Å². The maximum Gasteiger partial charge on any atom is 0.0705 e. The molecule has 0 unspecified atom stereocenters. The predicted molar refractivity (Wildman–Crippen MR) is 511 cm³/mol. The first-order valence-electron chi connectivity index (χ1n) is 42.0. The van der Waals surface area contributed by atoms with Crippen LogP contribution in [0.1, 0.15) is 268 Å². The minimum absolute atomic E-state index is 0.196. The van der Waals surface area contributed by atoms with Crippen LogP contribution in [0.2, 0.25) is 0 Å². The zero-order chi connectivity index (χ0) is 76.2. The molecule has 0 bridgehead atoms. The van der Waals surface area contributed by atoms with Gasteiger partial charge in [-0.1, -0.05) is 232 Å². The lowest BCUT2D eigenvalue weighted by Gasteiger charge is -2.39. The van der Waals surface area contributed by atoms with Gasteiger partial charge in [-0.2, -0.15) is 0 Å². The molecule has 111 heavy (non-hydrogen) atoms. The summed E-state index contributed by atoms with van der Waals surface area (Å²) >= 11 is 28.7. The minimum atomic E-state index is -0.196. The molecule has 0 nitrogen and oxygen atoms in total. The van der Waals surface area contributed by atoms with Crippen LogP contribution < -0.4 is 0 Å². The summed E-state index contributed by atoms with van der Waals surface area (Å²) in [5.41, 5.74) is 23.4. The Morgan fingerprint density at radius 3 is 0.595 bits per heavy atom. The van der Waals surface area contributed by atoms with Gasteiger partial charge in [-0.05, 0) is 297 Å². The molecule has 13 aromatic rings. The Morgan fingerprint density at radius 1 is 0.207 bits per heavy atom. The molecular weight excluding hydrogens is 1720 g/mol. The molecule has 0 saturated heterocycles. The predicted octanol–water partition coefficient (Wildman–Crippen LogP) is 38.2. The molecule has 576 valence electrons. The molecule has 16 rings (SSSR count). The van der Waals surface area contributed by atoms with E-state index >= 15 is 0 Å². The quantitative estimate of drug-likeness (QED) is 0.0337. The highest BCUT2D eigenvalue weighted by Crippen LogP contribution is 2.72. The Hall–Kier alpha value is -4.38. The Balaban J connectivity index is 1.00. The zero-order valence-electron chi connectivity index (χ0n) is 65.6. The van der Waals surface area contributed by atoms with E-state index in [4.69, 9.17) is 0 Å². The van der Waals surface area contributed by atoms with Crippen molar-refractivity contribution in [3.05, 3.63) is 209 Å². The molecule has 3 aliphatic carbocycles. The number of rotatable bonds is 39. The molecule has 0 radical (unpaired) electrons. The highest BCUT2D eigenvalue weighted by atomic mass is 79.9. The van der Waals surface area contributed by atoms with Crippen LogP contribution in [0.4, 0.5) is 0 Å². The van der Waals surface area contributed by atoms with Crippen molar-refractivity contribution in [2.24, 2.45) is 0 Å². The molecule has 9 aromatic heterocycles. The summed E-state index contributed by atoms with van der Waals surface area (Å²) in [5, 5.41) is 0. The molecule has 0 N–H and O–H groups in total. The number of hydrogen-bond donors (Lipinski definition) is 0. The van der Waals surface area contributed by atoms with Gasteiger partial charge in [0.1, 0.15) is 0 Å². The molecule has 12 heteroatoms. The summed E-state index contributed by atoms with van der Waals surface area (Å²) in [7, 11) is 0. The first-order chi connectivity index (χ1) is 54.4. The largest absolute Gasteiger partial charge is 0.134 e. The fourth-order valence-corrected chi connectivity index (χ4v) is 30.2. The van der Waals surface area contributed by atoms with E-state index in [0.717, 1.165) is 0 Å². The fraction of sp³-hybridized carbons (Fsp3) is 0.394. The van der Waals surface area contributed by atoms with Gasteiger partial charge >= 0.3 is 0 Å². The van der Waals surface area contributed by atoms with E-state index in [1.807, 2.05) is 102 Å². The minimum Gasteiger partial charge on any atom is -0.134 e. The summed E-state index contributed by atoms with van der Waals surface area (Å²) < 4.78 is 3.55. The standard InChI is InChI=1S/C99H105Br3S9/c1-7-13-19-25-55-97(56-26-20-14-8-2)70-34-31-64(73-37-40-76(103-73)79-43-46-82(106-79)85-49-52-88(100)109-85)61-67(70)91-94(97)92-68-62-65(74-38-41-77(104-74)80-44-47-83(107-80)86-50-53-89(101)110-86)32-35-71(68)98(57-27-21-15-9-3,58-28-22-16-10-4)96(92)93-69-63-66(75-39-42-78(105-75)81-45-48-84(108-81)87-51-54-90(102)111-87)33-36-72(69)99(95(91)93,59-29-23-17-11-5)60-30-24-18-12-6/h31-54,61-63H,7-30,55-60H2,1-6H3. The van der Waals surface area contributed by atoms with Crippen LogP contribution in [0, 0.1) is 0 Å². The Bertz CT molecular complexity index is 4760. The monoisotopic (exact) mass is 1820 g/mol. The summed E-state index contributed by atoms with van der Waals surface area (Å²) in [4.78, 5) is 20.3. The van der Waals surface area contributed by atoms with Crippen LogP contribution in [0.3, 0.4) is 0 Å². The van der Waals surface area contributed by atoms with Crippen molar-refractivity contribution < 1.29 is 0 Å². The van der Waals surface area contributed by atoms with Crippen molar-refractivity contribution >= 4 is 150 Å². The third-order valence-corrected chi connectivity index (χ3v) is 37.5. The third kappa shape index (κ3) is 16.1. The average molecular weight is 1820 g/mol. The van der Waals surface area contributed by atoms with E-state index in [1.54, 1.807) is 66.8 Å². The molecule has 0 aliphatic heterocycles. The number of unbranched alkanes of at least 4 members (excludes halogenated alkanes) is 18. The zero-order valence-corrected chi connectivity index (χ0v) is 77.7. The molecule has 9 heterocycles. The molecule has 3 aliphatic rings. The Morgan fingerprint density at radius 2 is 0.396 bits per heavy atom. The second-order valence-electron chi connectivity index (χ2n) is 31.9. The molecule has 0 saturated carbocycles. The van der Waals surface area contributed by atoms with E-state index in [-0.39, 0.29) is 16.2 Å². The van der Waals surface area contributed by atoms with Gasteiger partial charge in [0, 0.05) is 89.4 Å². The highest BCUT2D eigenvalue weighted by Gasteiger charge is 2.58. The van der Waals surface area contributed by atoms with Crippen LogP contribution >= 0.6 is 150 Å². The summed E-state index contributed by atoms with van der Waals surface area (Å²) in [5.74, 6) is 0. The molecule has 0 amide bonds. The van der Waals surface area contributed by atoms with Gasteiger partial charge in [-0.3, -0.25) is 0 Å². The van der Waals surface area contributed by atoms with Crippen LogP contribution in [-0.4, -0.2) is 0 Å². The van der Waals surface area contributed by atoms with Gasteiger partial charge in [-0.15, -0.1) is 102 Å². The maximum atomic E-state index is 3.78. The second kappa shape index (κ2) is 36.2. The fourth-order valence-electron chi connectivity index (χ4n) is 19.4.